The molecule has 0 aliphatic carbocycles. The van der Waals surface area contributed by atoms with Gasteiger partial charge in [0.1, 0.15) is 0 Å². The Labute approximate surface area is 122 Å². The molecule has 0 aromatic heterocycles. The van der Waals surface area contributed by atoms with Crippen LogP contribution in [-0.2, 0) is 23.2 Å². The van der Waals surface area contributed by atoms with Crippen molar-refractivity contribution in [3.8, 4) is 0 Å². The molecule has 0 unspecified atom stereocenters. The van der Waals surface area contributed by atoms with Crippen molar-refractivity contribution in [2.45, 2.75) is 71.7 Å². The highest BCUT2D eigenvalue weighted by Gasteiger charge is 2.31. The monoisotopic (exact) mass is 280 g/mol. The van der Waals surface area contributed by atoms with Crippen LogP contribution in [0.2, 0.25) is 0 Å². The van der Waals surface area contributed by atoms with Crippen molar-refractivity contribution in [3.63, 3.8) is 0 Å². The van der Waals surface area contributed by atoms with E-state index in [0.717, 1.165) is 17.5 Å². The molecular formula is C17H28O3. The summed E-state index contributed by atoms with van der Waals surface area (Å²) < 4.78 is 0. The molecule has 20 heavy (non-hydrogen) atoms. The van der Waals surface area contributed by atoms with Gasteiger partial charge in [0.05, 0.1) is 16.8 Å². The maximum atomic E-state index is 10.4. The summed E-state index contributed by atoms with van der Waals surface area (Å²) >= 11 is 0. The molecule has 0 heterocycles. The molecule has 3 nitrogen and oxygen atoms in total. The first-order valence-corrected chi connectivity index (χ1v) is 7.14. The summed E-state index contributed by atoms with van der Waals surface area (Å²) in [6.45, 7) is 12.3. The number of hydrogen-bond acceptors (Lipinski definition) is 3. The van der Waals surface area contributed by atoms with Crippen LogP contribution in [0.1, 0.15) is 70.7 Å². The van der Waals surface area contributed by atoms with Gasteiger partial charge in [0, 0.05) is 0 Å². The van der Waals surface area contributed by atoms with Crippen LogP contribution in [0, 0.1) is 0 Å². The van der Waals surface area contributed by atoms with E-state index in [4.69, 9.17) is 0 Å². The average Bonchev–Trinajstić information content (AvgIpc) is 2.23. The summed E-state index contributed by atoms with van der Waals surface area (Å²) in [4.78, 5) is 0. The summed E-state index contributed by atoms with van der Waals surface area (Å²) in [5.41, 5.74) is 0.0320. The molecule has 0 saturated heterocycles. The van der Waals surface area contributed by atoms with Crippen molar-refractivity contribution in [2.75, 3.05) is 0 Å². The molecule has 1 aromatic rings. The smallest absolute Gasteiger partial charge is 0.0844 e. The van der Waals surface area contributed by atoms with E-state index in [-0.39, 0.29) is 0 Å². The molecular weight excluding hydrogens is 252 g/mol. The zero-order valence-electron chi connectivity index (χ0n) is 13.7. The van der Waals surface area contributed by atoms with Gasteiger partial charge in [-0.05, 0) is 76.3 Å². The topological polar surface area (TPSA) is 60.7 Å². The molecule has 0 aliphatic rings. The lowest BCUT2D eigenvalue weighted by molar-refractivity contribution is 0.0501. The Bertz CT molecular complexity index is 483. The van der Waals surface area contributed by atoms with E-state index in [1.807, 2.05) is 19.1 Å². The van der Waals surface area contributed by atoms with Gasteiger partial charge in [-0.2, -0.15) is 0 Å². The third-order valence-corrected chi connectivity index (χ3v) is 3.60. The largest absolute Gasteiger partial charge is 0.386 e. The summed E-state index contributed by atoms with van der Waals surface area (Å²) in [7, 11) is 0. The third-order valence-electron chi connectivity index (χ3n) is 3.60. The number of aryl methyl sites for hydroxylation is 1. The third kappa shape index (κ3) is 3.60. The lowest BCUT2D eigenvalue weighted by Crippen LogP contribution is -2.28. The first-order chi connectivity index (χ1) is 8.78. The number of benzene rings is 1. The summed E-state index contributed by atoms with van der Waals surface area (Å²) in [5.74, 6) is 0. The van der Waals surface area contributed by atoms with Crippen molar-refractivity contribution >= 4 is 0 Å². The predicted octanol–water partition coefficient (Wildman–Crippen LogP) is 2.93. The van der Waals surface area contributed by atoms with Crippen LogP contribution in [0.25, 0.3) is 0 Å². The molecule has 3 N–H and O–H groups in total. The van der Waals surface area contributed by atoms with E-state index in [9.17, 15) is 15.3 Å². The van der Waals surface area contributed by atoms with Crippen molar-refractivity contribution < 1.29 is 15.3 Å². The molecule has 3 heteroatoms. The van der Waals surface area contributed by atoms with Crippen LogP contribution >= 0.6 is 0 Å². The number of rotatable bonds is 4. The number of aliphatic hydroxyl groups is 3. The Morgan fingerprint density at radius 2 is 1.05 bits per heavy atom. The second-order valence-corrected chi connectivity index (χ2v) is 7.09. The molecule has 0 aliphatic heterocycles. The van der Waals surface area contributed by atoms with Crippen molar-refractivity contribution in [1.29, 1.82) is 0 Å². The van der Waals surface area contributed by atoms with Gasteiger partial charge in [0.25, 0.3) is 0 Å². The van der Waals surface area contributed by atoms with Gasteiger partial charge in [-0.3, -0.25) is 0 Å². The van der Waals surface area contributed by atoms with E-state index < -0.39 is 16.8 Å². The SMILES string of the molecule is CCc1cc(C(C)(C)O)c(C(C)(C)O)cc1C(C)(C)O. The molecule has 114 valence electrons. The molecule has 0 radical (unpaired) electrons. The van der Waals surface area contributed by atoms with Gasteiger partial charge >= 0.3 is 0 Å². The van der Waals surface area contributed by atoms with Gasteiger partial charge in [0.15, 0.2) is 0 Å². The van der Waals surface area contributed by atoms with E-state index in [1.165, 1.54) is 0 Å². The molecule has 1 rings (SSSR count). The van der Waals surface area contributed by atoms with Crippen LogP contribution in [0.5, 0.6) is 0 Å². The highest BCUT2D eigenvalue weighted by atomic mass is 16.3. The maximum absolute atomic E-state index is 10.4. The van der Waals surface area contributed by atoms with E-state index in [1.54, 1.807) is 41.5 Å². The molecule has 1 aromatic carbocycles. The lowest BCUT2D eigenvalue weighted by Gasteiger charge is -2.32. The highest BCUT2D eigenvalue weighted by Crippen LogP contribution is 2.36. The van der Waals surface area contributed by atoms with Crippen LogP contribution in [0.4, 0.5) is 0 Å². The molecule has 0 amide bonds. The zero-order valence-corrected chi connectivity index (χ0v) is 13.7. The van der Waals surface area contributed by atoms with Crippen LogP contribution in [-0.4, -0.2) is 15.3 Å². The van der Waals surface area contributed by atoms with Crippen LogP contribution in [0.3, 0.4) is 0 Å². The van der Waals surface area contributed by atoms with Gasteiger partial charge in [0.2, 0.25) is 0 Å². The Balaban J connectivity index is 3.72. The van der Waals surface area contributed by atoms with Gasteiger partial charge in [-0.25, -0.2) is 0 Å². The lowest BCUT2D eigenvalue weighted by atomic mass is 9.79. The van der Waals surface area contributed by atoms with Gasteiger partial charge in [-0.1, -0.05) is 13.0 Å². The first kappa shape index (κ1) is 17.2. The van der Waals surface area contributed by atoms with Gasteiger partial charge in [-0.15, -0.1) is 0 Å². The highest BCUT2D eigenvalue weighted by molar-refractivity contribution is 5.45. The molecule has 0 bridgehead atoms. The quantitative estimate of drug-likeness (QED) is 0.794. The van der Waals surface area contributed by atoms with Crippen LogP contribution in [0.15, 0.2) is 12.1 Å². The Morgan fingerprint density at radius 1 is 0.700 bits per heavy atom. The second-order valence-electron chi connectivity index (χ2n) is 7.09. The van der Waals surface area contributed by atoms with Crippen LogP contribution < -0.4 is 0 Å². The Morgan fingerprint density at radius 3 is 1.35 bits per heavy atom. The van der Waals surface area contributed by atoms with Crippen molar-refractivity contribution in [1.82, 2.24) is 0 Å². The zero-order chi connectivity index (χ0) is 15.9. The fraction of sp³-hybridized carbons (Fsp3) is 0.647. The van der Waals surface area contributed by atoms with E-state index >= 15 is 0 Å². The number of hydrogen-bond donors (Lipinski definition) is 3. The van der Waals surface area contributed by atoms with Gasteiger partial charge < -0.3 is 15.3 Å². The van der Waals surface area contributed by atoms with E-state index in [2.05, 4.69) is 0 Å². The van der Waals surface area contributed by atoms with E-state index in [0.29, 0.717) is 11.1 Å². The fourth-order valence-electron chi connectivity index (χ4n) is 2.52. The average molecular weight is 280 g/mol. The molecule has 0 saturated carbocycles. The first-order valence-electron chi connectivity index (χ1n) is 7.14. The summed E-state index contributed by atoms with van der Waals surface area (Å²) in [6, 6.07) is 3.73. The Kier molecular flexibility index (Phi) is 4.41. The normalized spacial score (nSPS) is 13.7. The molecule has 0 atom stereocenters. The minimum absolute atomic E-state index is 0.652. The second kappa shape index (κ2) is 5.14. The summed E-state index contributed by atoms with van der Waals surface area (Å²) in [5, 5.41) is 31.1. The minimum Gasteiger partial charge on any atom is -0.386 e. The summed E-state index contributed by atoms with van der Waals surface area (Å²) in [6.07, 6.45) is 0.758. The van der Waals surface area contributed by atoms with Crippen molar-refractivity contribution in [3.05, 3.63) is 34.4 Å². The Hall–Kier alpha value is -0.900. The molecule has 0 fully saturated rings. The standard InChI is InChI=1S/C17H28O3/c1-8-11-9-13(16(4,5)19)14(17(6,7)20)10-12(11)15(2,3)18/h9-10,18-20H,8H2,1-7H3. The molecule has 0 spiro atoms. The minimum atomic E-state index is -1.08. The maximum Gasteiger partial charge on any atom is 0.0844 e. The fourth-order valence-corrected chi connectivity index (χ4v) is 2.52. The van der Waals surface area contributed by atoms with Crippen molar-refractivity contribution in [2.24, 2.45) is 0 Å². The predicted molar refractivity (Wildman–Crippen MR) is 81.6 cm³/mol.